The molecule has 0 saturated heterocycles. The summed E-state index contributed by atoms with van der Waals surface area (Å²) in [5.41, 5.74) is 0. The van der Waals surface area contributed by atoms with E-state index in [1.165, 1.54) is 21.2 Å². The Balaban J connectivity index is 1.91. The summed E-state index contributed by atoms with van der Waals surface area (Å²) in [4.78, 5) is 4.18. The zero-order valence-corrected chi connectivity index (χ0v) is 21.0. The van der Waals surface area contributed by atoms with Gasteiger partial charge in [0.2, 0.25) is 0 Å². The zero-order valence-electron chi connectivity index (χ0n) is 15.8. The van der Waals surface area contributed by atoms with Gasteiger partial charge in [0.25, 0.3) is 0 Å². The second-order valence-corrected chi connectivity index (χ2v) is 18.9. The minimum atomic E-state index is -1.98. The molecule has 4 rings (SSSR count). The molecule has 0 aliphatic heterocycles. The maximum absolute atomic E-state index is 4.18. The van der Waals surface area contributed by atoms with Gasteiger partial charge in [-0.3, -0.25) is 0 Å². The summed E-state index contributed by atoms with van der Waals surface area (Å²) in [7, 11) is 0. The molecular formula is C24H21NP2Se2+2. The van der Waals surface area contributed by atoms with E-state index in [1.54, 1.807) is 0 Å². The normalized spacial score (nSPS) is 11.9. The molecule has 0 atom stereocenters. The van der Waals surface area contributed by atoms with Gasteiger partial charge in [0, 0.05) is 0 Å². The maximum atomic E-state index is 4.18. The van der Waals surface area contributed by atoms with E-state index in [-0.39, 0.29) is 0 Å². The van der Waals surface area contributed by atoms with Crippen LogP contribution in [0.15, 0.2) is 121 Å². The molecule has 0 aliphatic rings. The van der Waals surface area contributed by atoms with Crippen molar-refractivity contribution >= 4 is 64.6 Å². The molecule has 2 radical (unpaired) electrons. The predicted octanol–water partition coefficient (Wildman–Crippen LogP) is 3.91. The van der Waals surface area contributed by atoms with E-state index in [0.29, 0.717) is 0 Å². The van der Waals surface area contributed by atoms with E-state index >= 15 is 0 Å². The van der Waals surface area contributed by atoms with Crippen LogP contribution < -0.4 is 26.1 Å². The monoisotopic (exact) mass is 545 g/mol. The molecule has 0 aromatic heterocycles. The third kappa shape index (κ3) is 4.44. The Morgan fingerprint density at radius 3 is 0.793 bits per heavy atom. The number of rotatable bonds is 6. The Hall–Kier alpha value is -1.26. The van der Waals surface area contributed by atoms with Crippen LogP contribution in [0.4, 0.5) is 0 Å². The van der Waals surface area contributed by atoms with Gasteiger partial charge < -0.3 is 0 Å². The summed E-state index contributed by atoms with van der Waals surface area (Å²) in [5, 5.41) is 5.21. The van der Waals surface area contributed by atoms with Gasteiger partial charge >= 0.3 is 191 Å². The Kier molecular flexibility index (Phi) is 6.70. The second kappa shape index (κ2) is 9.26. The molecular weight excluding hydrogens is 522 g/mol. The predicted molar refractivity (Wildman–Crippen MR) is 133 cm³/mol. The van der Waals surface area contributed by atoms with Crippen molar-refractivity contribution < 1.29 is 0 Å². The first-order chi connectivity index (χ1) is 14.1. The third-order valence-corrected chi connectivity index (χ3v) is 19.5. The van der Waals surface area contributed by atoms with Gasteiger partial charge in [-0.1, -0.05) is 0 Å². The van der Waals surface area contributed by atoms with Crippen molar-refractivity contribution in [1.82, 2.24) is 4.86 Å². The molecule has 142 valence electrons. The summed E-state index contributed by atoms with van der Waals surface area (Å²) in [6.45, 7) is 0. The summed E-state index contributed by atoms with van der Waals surface area (Å²) in [6, 6.07) is 43.1. The van der Waals surface area contributed by atoms with Gasteiger partial charge in [-0.2, -0.15) is 0 Å². The van der Waals surface area contributed by atoms with Gasteiger partial charge in [-0.25, -0.2) is 0 Å². The average Bonchev–Trinajstić information content (AvgIpc) is 2.81. The Bertz CT molecular complexity index is 879. The van der Waals surface area contributed by atoms with Crippen LogP contribution >= 0.6 is 12.2 Å². The van der Waals surface area contributed by atoms with Crippen LogP contribution in [-0.2, 0) is 0 Å². The number of hydrogen-bond acceptors (Lipinski definition) is 1. The molecule has 0 amide bonds. The molecule has 1 N–H and O–H groups in total. The summed E-state index contributed by atoms with van der Waals surface area (Å²) in [5.74, 6) is 0. The molecule has 0 heterocycles. The van der Waals surface area contributed by atoms with Crippen LogP contribution in [0.2, 0.25) is 0 Å². The van der Waals surface area contributed by atoms with Crippen molar-refractivity contribution in [2.75, 3.05) is 0 Å². The molecule has 1 nitrogen and oxygen atoms in total. The Morgan fingerprint density at radius 1 is 0.379 bits per heavy atom. The van der Waals surface area contributed by atoms with Crippen LogP contribution in [0.5, 0.6) is 0 Å². The van der Waals surface area contributed by atoms with E-state index in [2.05, 4.69) is 157 Å². The van der Waals surface area contributed by atoms with Gasteiger partial charge in [0.15, 0.2) is 0 Å². The van der Waals surface area contributed by atoms with Gasteiger partial charge in [0.1, 0.15) is 0 Å². The number of benzene rings is 4. The molecule has 5 heteroatoms. The molecule has 0 bridgehead atoms. The average molecular weight is 543 g/mol. The molecule has 29 heavy (non-hydrogen) atoms. The summed E-state index contributed by atoms with van der Waals surface area (Å²) in [6.07, 6.45) is -3.97. The number of hydrogen-bond donors (Lipinski definition) is 1. The minimum absolute atomic E-state index is 1.30. The summed E-state index contributed by atoms with van der Waals surface area (Å²) < 4.78 is 0. The Labute approximate surface area is 190 Å². The molecule has 4 aromatic carbocycles. The van der Waals surface area contributed by atoms with E-state index in [4.69, 9.17) is 0 Å². The van der Waals surface area contributed by atoms with E-state index in [0.717, 1.165) is 0 Å². The van der Waals surface area contributed by atoms with Crippen molar-refractivity contribution in [3.63, 3.8) is 0 Å². The first-order valence-corrected chi connectivity index (χ1v) is 17.4. The SMILES string of the molecule is [Se][P+](N[P+]([Se])(c1ccccc1)c1ccccc1)(c1ccccc1)c1ccccc1. The molecule has 0 fully saturated rings. The second-order valence-electron chi connectivity index (χ2n) is 6.66. The van der Waals surface area contributed by atoms with E-state index in [9.17, 15) is 0 Å². The quantitative estimate of drug-likeness (QED) is 0.288. The van der Waals surface area contributed by atoms with Gasteiger partial charge in [0.05, 0.1) is 0 Å². The zero-order chi connectivity index (χ0) is 20.2. The van der Waals surface area contributed by atoms with Crippen LogP contribution in [0.3, 0.4) is 0 Å². The third-order valence-electron chi connectivity index (χ3n) is 4.76. The fraction of sp³-hybridized carbons (Fsp3) is 0. The van der Waals surface area contributed by atoms with Crippen molar-refractivity contribution in [2.45, 2.75) is 0 Å². The fourth-order valence-electron chi connectivity index (χ4n) is 3.28. The van der Waals surface area contributed by atoms with Crippen LogP contribution in [0, 0.1) is 0 Å². The molecule has 0 unspecified atom stereocenters. The molecule has 0 aliphatic carbocycles. The van der Waals surface area contributed by atoms with Crippen LogP contribution in [0.1, 0.15) is 0 Å². The molecule has 0 saturated carbocycles. The molecule has 4 aromatic rings. The molecule has 0 spiro atoms. The Morgan fingerprint density at radius 2 is 0.586 bits per heavy atom. The van der Waals surface area contributed by atoms with Crippen molar-refractivity contribution in [1.29, 1.82) is 0 Å². The van der Waals surface area contributed by atoms with Crippen LogP contribution in [0.25, 0.3) is 0 Å². The van der Waals surface area contributed by atoms with Gasteiger partial charge in [-0.05, 0) is 0 Å². The number of nitrogens with one attached hydrogen (secondary N) is 1. The first kappa shape index (κ1) is 21.0. The first-order valence-electron chi connectivity index (χ1n) is 9.35. The topological polar surface area (TPSA) is 12.0 Å². The fourth-order valence-corrected chi connectivity index (χ4v) is 19.7. The standard InChI is InChI=1S/C24H21NP2Se2/c28-26(21-13-5-1-6-14-21,22-15-7-2-8-16-22)25-27(29,23-17-9-3-10-18-23)24-19-11-4-12-20-24/h1-20,25H/q+2. The van der Waals surface area contributed by atoms with Crippen LogP contribution in [-0.4, -0.2) is 31.1 Å². The van der Waals surface area contributed by atoms with E-state index in [1.807, 2.05) is 0 Å². The van der Waals surface area contributed by atoms with Crippen molar-refractivity contribution in [3.8, 4) is 0 Å². The van der Waals surface area contributed by atoms with Crippen molar-refractivity contribution in [2.24, 2.45) is 0 Å². The summed E-state index contributed by atoms with van der Waals surface area (Å²) >= 11 is 7.25. The van der Waals surface area contributed by atoms with Gasteiger partial charge in [-0.15, -0.1) is 0 Å². The van der Waals surface area contributed by atoms with E-state index < -0.39 is 12.2 Å². The van der Waals surface area contributed by atoms with Crippen molar-refractivity contribution in [3.05, 3.63) is 121 Å².